The molecule has 1 aliphatic rings. The first-order chi connectivity index (χ1) is 10.4. The Morgan fingerprint density at radius 2 is 2.27 bits per heavy atom. The molecule has 0 aliphatic heterocycles. The van der Waals surface area contributed by atoms with Gasteiger partial charge in [-0.3, -0.25) is 4.79 Å². The number of unbranched alkanes of at least 4 members (excludes halogenated alkanes) is 1. The molecule has 1 saturated carbocycles. The molecule has 2 rings (SSSR count). The van der Waals surface area contributed by atoms with E-state index in [1.165, 1.54) is 6.26 Å². The lowest BCUT2D eigenvalue weighted by atomic mass is 9.63. The second kappa shape index (κ2) is 6.84. The first-order valence-electron chi connectivity index (χ1n) is 8.08. The monoisotopic (exact) mass is 308 g/mol. The summed E-state index contributed by atoms with van der Waals surface area (Å²) in [6.07, 6.45) is 4.83. The third-order valence-corrected chi connectivity index (χ3v) is 4.83. The zero-order valence-electron chi connectivity index (χ0n) is 14.1. The molecule has 2 N–H and O–H groups in total. The number of nitrogens with zero attached hydrogens (tertiary/aromatic N) is 1. The van der Waals surface area contributed by atoms with Crippen LogP contribution in [0, 0.1) is 5.41 Å². The molecular formula is C17H28N2O3. The number of furan rings is 1. The SMILES string of the molecule is CCCCOC1CC(N(C)C(=O)c2coc(CN)c2)C1(C)C. The van der Waals surface area contributed by atoms with Crippen LogP contribution in [0.4, 0.5) is 0 Å². The second-order valence-corrected chi connectivity index (χ2v) is 6.71. The zero-order chi connectivity index (χ0) is 16.3. The van der Waals surface area contributed by atoms with Crippen molar-refractivity contribution in [1.29, 1.82) is 0 Å². The first kappa shape index (κ1) is 17.0. The summed E-state index contributed by atoms with van der Waals surface area (Å²) in [5.41, 5.74) is 6.06. The smallest absolute Gasteiger partial charge is 0.257 e. The molecule has 0 radical (unpaired) electrons. The average molecular weight is 308 g/mol. The minimum absolute atomic E-state index is 0.0199. The predicted molar refractivity (Wildman–Crippen MR) is 85.5 cm³/mol. The van der Waals surface area contributed by atoms with Crippen molar-refractivity contribution in [1.82, 2.24) is 4.90 Å². The quantitative estimate of drug-likeness (QED) is 0.786. The van der Waals surface area contributed by atoms with Crippen molar-refractivity contribution in [3.05, 3.63) is 23.7 Å². The van der Waals surface area contributed by atoms with Gasteiger partial charge in [-0.15, -0.1) is 0 Å². The molecule has 1 heterocycles. The van der Waals surface area contributed by atoms with Gasteiger partial charge in [-0.1, -0.05) is 27.2 Å². The average Bonchev–Trinajstić information content (AvgIpc) is 2.97. The maximum absolute atomic E-state index is 12.5. The van der Waals surface area contributed by atoms with Crippen LogP contribution in [0.3, 0.4) is 0 Å². The van der Waals surface area contributed by atoms with E-state index in [9.17, 15) is 4.79 Å². The number of ether oxygens (including phenoxy) is 1. The van der Waals surface area contributed by atoms with Crippen molar-refractivity contribution in [2.45, 2.75) is 58.7 Å². The summed E-state index contributed by atoms with van der Waals surface area (Å²) in [7, 11) is 1.85. The van der Waals surface area contributed by atoms with Crippen LogP contribution in [0.1, 0.15) is 56.2 Å². The fourth-order valence-corrected chi connectivity index (χ4v) is 3.12. The van der Waals surface area contributed by atoms with Crippen molar-refractivity contribution < 1.29 is 13.9 Å². The number of amides is 1. The van der Waals surface area contributed by atoms with Crippen molar-refractivity contribution in [3.63, 3.8) is 0 Å². The van der Waals surface area contributed by atoms with Crippen molar-refractivity contribution >= 4 is 5.91 Å². The lowest BCUT2D eigenvalue weighted by molar-refractivity contribution is -0.140. The normalized spacial score (nSPS) is 23.1. The largest absolute Gasteiger partial charge is 0.467 e. The highest BCUT2D eigenvalue weighted by Crippen LogP contribution is 2.45. The van der Waals surface area contributed by atoms with Crippen molar-refractivity contribution in [3.8, 4) is 0 Å². The van der Waals surface area contributed by atoms with E-state index in [1.807, 2.05) is 11.9 Å². The van der Waals surface area contributed by atoms with E-state index in [0.717, 1.165) is 25.9 Å². The summed E-state index contributed by atoms with van der Waals surface area (Å²) in [5.74, 6) is 0.610. The summed E-state index contributed by atoms with van der Waals surface area (Å²) >= 11 is 0. The Bertz CT molecular complexity index is 510. The summed E-state index contributed by atoms with van der Waals surface area (Å²) in [5, 5.41) is 0. The van der Waals surface area contributed by atoms with Gasteiger partial charge in [-0.2, -0.15) is 0 Å². The highest BCUT2D eigenvalue weighted by molar-refractivity contribution is 5.94. The van der Waals surface area contributed by atoms with Crippen molar-refractivity contribution in [2.24, 2.45) is 11.1 Å². The van der Waals surface area contributed by atoms with Crippen LogP contribution in [0.25, 0.3) is 0 Å². The van der Waals surface area contributed by atoms with E-state index in [-0.39, 0.29) is 23.5 Å². The van der Waals surface area contributed by atoms with E-state index in [0.29, 0.717) is 17.9 Å². The fourth-order valence-electron chi connectivity index (χ4n) is 3.12. The van der Waals surface area contributed by atoms with Gasteiger partial charge >= 0.3 is 0 Å². The van der Waals surface area contributed by atoms with Gasteiger partial charge in [-0.05, 0) is 18.9 Å². The van der Waals surface area contributed by atoms with Crippen LogP contribution in [-0.4, -0.2) is 36.6 Å². The van der Waals surface area contributed by atoms with E-state index >= 15 is 0 Å². The van der Waals surface area contributed by atoms with E-state index in [2.05, 4.69) is 20.8 Å². The number of hydrogen-bond donors (Lipinski definition) is 1. The van der Waals surface area contributed by atoms with Crippen LogP contribution >= 0.6 is 0 Å². The molecule has 0 saturated heterocycles. The zero-order valence-corrected chi connectivity index (χ0v) is 14.1. The predicted octanol–water partition coefficient (Wildman–Crippen LogP) is 2.79. The van der Waals surface area contributed by atoms with Gasteiger partial charge in [0.15, 0.2) is 0 Å². The van der Waals surface area contributed by atoms with Crippen LogP contribution in [-0.2, 0) is 11.3 Å². The number of nitrogens with two attached hydrogens (primary N) is 1. The van der Waals surface area contributed by atoms with Gasteiger partial charge in [0, 0.05) is 25.1 Å². The molecule has 1 aromatic heterocycles. The fraction of sp³-hybridized carbons (Fsp3) is 0.706. The summed E-state index contributed by atoms with van der Waals surface area (Å²) in [6.45, 7) is 7.60. The lowest BCUT2D eigenvalue weighted by Crippen LogP contribution is -2.62. The van der Waals surface area contributed by atoms with Crippen LogP contribution in [0.5, 0.6) is 0 Å². The third kappa shape index (κ3) is 3.20. The summed E-state index contributed by atoms with van der Waals surface area (Å²) in [6, 6.07) is 1.91. The van der Waals surface area contributed by atoms with E-state index < -0.39 is 0 Å². The Kier molecular flexibility index (Phi) is 5.29. The molecule has 2 unspecified atom stereocenters. The molecule has 124 valence electrons. The maximum Gasteiger partial charge on any atom is 0.257 e. The van der Waals surface area contributed by atoms with Gasteiger partial charge in [0.1, 0.15) is 12.0 Å². The van der Waals surface area contributed by atoms with Gasteiger partial charge in [-0.25, -0.2) is 0 Å². The third-order valence-electron chi connectivity index (χ3n) is 4.83. The van der Waals surface area contributed by atoms with Gasteiger partial charge in [0.2, 0.25) is 0 Å². The van der Waals surface area contributed by atoms with Gasteiger partial charge < -0.3 is 19.8 Å². The molecule has 1 amide bonds. The van der Waals surface area contributed by atoms with E-state index in [4.69, 9.17) is 14.9 Å². The topological polar surface area (TPSA) is 68.7 Å². The Morgan fingerprint density at radius 1 is 1.55 bits per heavy atom. The van der Waals surface area contributed by atoms with Gasteiger partial charge in [0.25, 0.3) is 5.91 Å². The number of carbonyl (C=O) groups excluding carboxylic acids is 1. The Balaban J connectivity index is 1.95. The van der Waals surface area contributed by atoms with Crippen LogP contribution in [0.15, 0.2) is 16.7 Å². The highest BCUT2D eigenvalue weighted by atomic mass is 16.5. The molecule has 0 bridgehead atoms. The second-order valence-electron chi connectivity index (χ2n) is 6.71. The minimum atomic E-state index is -0.0292. The molecule has 0 aromatic carbocycles. The molecular weight excluding hydrogens is 280 g/mol. The molecule has 5 nitrogen and oxygen atoms in total. The number of carbonyl (C=O) groups is 1. The van der Waals surface area contributed by atoms with Gasteiger partial charge in [0.05, 0.1) is 18.2 Å². The molecule has 1 fully saturated rings. The Labute approximate surface area is 132 Å². The van der Waals surface area contributed by atoms with Crippen molar-refractivity contribution in [2.75, 3.05) is 13.7 Å². The van der Waals surface area contributed by atoms with E-state index in [1.54, 1.807) is 6.07 Å². The van der Waals surface area contributed by atoms with Crippen LogP contribution < -0.4 is 5.73 Å². The summed E-state index contributed by atoms with van der Waals surface area (Å²) in [4.78, 5) is 14.4. The first-order valence-corrected chi connectivity index (χ1v) is 8.08. The van der Waals surface area contributed by atoms with Crippen LogP contribution in [0.2, 0.25) is 0 Å². The molecule has 1 aromatic rings. The number of hydrogen-bond acceptors (Lipinski definition) is 4. The highest BCUT2D eigenvalue weighted by Gasteiger charge is 2.52. The number of rotatable bonds is 7. The Hall–Kier alpha value is -1.33. The minimum Gasteiger partial charge on any atom is -0.467 e. The molecule has 22 heavy (non-hydrogen) atoms. The molecule has 2 atom stereocenters. The maximum atomic E-state index is 12.5. The lowest BCUT2D eigenvalue weighted by Gasteiger charge is -2.54. The molecule has 0 spiro atoms. The Morgan fingerprint density at radius 3 is 2.82 bits per heavy atom. The standard InChI is InChI=1S/C17H28N2O3/c1-5-6-7-21-15-9-14(17(15,2)3)19(4)16(20)12-8-13(10-18)22-11-12/h8,11,14-15H,5-7,9-10,18H2,1-4H3. The summed E-state index contributed by atoms with van der Waals surface area (Å²) < 4.78 is 11.2. The molecule has 5 heteroatoms. The molecule has 1 aliphatic carbocycles.